The molecule has 1 N–H and O–H groups in total. The zero-order valence-electron chi connectivity index (χ0n) is 20.2. The molecule has 7 nitrogen and oxygen atoms in total. The lowest BCUT2D eigenvalue weighted by Gasteiger charge is -2.30. The number of aromatic nitrogens is 3. The third-order valence-electron chi connectivity index (χ3n) is 7.48. The molecule has 0 saturated carbocycles. The molecule has 2 fully saturated rings. The minimum Gasteiger partial charge on any atom is -0.353 e. The number of fused-ring (bicyclic) bond motifs is 2. The van der Waals surface area contributed by atoms with Crippen molar-refractivity contribution < 1.29 is 4.39 Å². The standard InChI is InChI=1S/C27H28ClFN6O/c1-33-12-4-7-18(33)16-35-26-20(25(32-27(35)36)34-13-10-30-11-14-34)15-22(29)24(31-26)19-8-2-5-17-6-3-9-21(28)23(17)19/h2-3,5-6,8-9,15,18,30H,4,7,10-14,16H2,1H3/t18-/m0/s1. The van der Waals surface area contributed by atoms with Crippen LogP contribution in [0.25, 0.3) is 33.1 Å². The van der Waals surface area contributed by atoms with Crippen LogP contribution in [0.4, 0.5) is 10.2 Å². The number of likely N-dealkylation sites (N-methyl/N-ethyl adjacent to an activating group) is 1. The summed E-state index contributed by atoms with van der Waals surface area (Å²) in [6.45, 7) is 4.40. The predicted octanol–water partition coefficient (Wildman–Crippen LogP) is 3.91. The van der Waals surface area contributed by atoms with E-state index in [0.29, 0.717) is 47.1 Å². The summed E-state index contributed by atoms with van der Waals surface area (Å²) in [4.78, 5) is 27.0. The number of pyridine rings is 1. The first kappa shape index (κ1) is 23.3. The monoisotopic (exact) mass is 506 g/mol. The molecule has 4 aromatic rings. The Morgan fingerprint density at radius 3 is 2.64 bits per heavy atom. The summed E-state index contributed by atoms with van der Waals surface area (Å²) in [6.07, 6.45) is 2.08. The van der Waals surface area contributed by atoms with Crippen molar-refractivity contribution in [1.82, 2.24) is 24.8 Å². The Kier molecular flexibility index (Phi) is 6.11. The maximum Gasteiger partial charge on any atom is 0.351 e. The Morgan fingerprint density at radius 2 is 1.89 bits per heavy atom. The number of benzene rings is 2. The number of piperazine rings is 1. The highest BCUT2D eigenvalue weighted by atomic mass is 35.5. The summed E-state index contributed by atoms with van der Waals surface area (Å²) in [5.74, 6) is 0.0396. The van der Waals surface area contributed by atoms with Crippen molar-refractivity contribution in [3.8, 4) is 11.3 Å². The third kappa shape index (κ3) is 4.03. The van der Waals surface area contributed by atoms with Crippen LogP contribution in [0.2, 0.25) is 5.02 Å². The minimum absolute atomic E-state index is 0.187. The quantitative estimate of drug-likeness (QED) is 0.453. The van der Waals surface area contributed by atoms with Gasteiger partial charge in [-0.1, -0.05) is 41.9 Å². The Morgan fingerprint density at radius 1 is 1.11 bits per heavy atom. The van der Waals surface area contributed by atoms with E-state index in [9.17, 15) is 4.79 Å². The normalized spacial score (nSPS) is 19.0. The SMILES string of the molecule is CN1CCC[C@H]1Cn1c(=O)nc(N2CCNCC2)c2cc(F)c(-c3cccc4cccc(Cl)c34)nc21. The van der Waals surface area contributed by atoms with Gasteiger partial charge in [0.05, 0.1) is 5.39 Å². The van der Waals surface area contributed by atoms with Gasteiger partial charge < -0.3 is 15.1 Å². The van der Waals surface area contributed by atoms with Crippen LogP contribution in [0.15, 0.2) is 47.3 Å². The number of hydrogen-bond acceptors (Lipinski definition) is 6. The molecule has 2 aliphatic heterocycles. The van der Waals surface area contributed by atoms with E-state index < -0.39 is 5.82 Å². The second kappa shape index (κ2) is 9.42. The van der Waals surface area contributed by atoms with Gasteiger partial charge in [-0.3, -0.25) is 4.57 Å². The van der Waals surface area contributed by atoms with Gasteiger partial charge in [0.15, 0.2) is 0 Å². The number of hydrogen-bond donors (Lipinski definition) is 1. The summed E-state index contributed by atoms with van der Waals surface area (Å²) in [6, 6.07) is 13.0. The summed E-state index contributed by atoms with van der Waals surface area (Å²) in [5.41, 5.74) is 0.906. The van der Waals surface area contributed by atoms with E-state index in [4.69, 9.17) is 16.6 Å². The number of rotatable bonds is 4. The van der Waals surface area contributed by atoms with E-state index >= 15 is 4.39 Å². The van der Waals surface area contributed by atoms with Crippen LogP contribution in [-0.4, -0.2) is 65.2 Å². The lowest BCUT2D eigenvalue weighted by Crippen LogP contribution is -2.45. The molecule has 4 heterocycles. The van der Waals surface area contributed by atoms with Crippen LogP contribution < -0.4 is 15.9 Å². The highest BCUT2D eigenvalue weighted by Crippen LogP contribution is 2.36. The van der Waals surface area contributed by atoms with Crippen molar-refractivity contribution >= 4 is 39.2 Å². The van der Waals surface area contributed by atoms with Crippen LogP contribution in [0.5, 0.6) is 0 Å². The van der Waals surface area contributed by atoms with Crippen LogP contribution in [0, 0.1) is 5.82 Å². The fourth-order valence-corrected chi connectivity index (χ4v) is 5.82. The van der Waals surface area contributed by atoms with Crippen molar-refractivity contribution in [3.63, 3.8) is 0 Å². The first-order valence-electron chi connectivity index (χ1n) is 12.5. The van der Waals surface area contributed by atoms with Crippen LogP contribution in [0.1, 0.15) is 12.8 Å². The second-order valence-corrected chi connectivity index (χ2v) is 10.1. The van der Waals surface area contributed by atoms with Crippen molar-refractivity contribution in [1.29, 1.82) is 0 Å². The predicted molar refractivity (Wildman–Crippen MR) is 142 cm³/mol. The molecule has 2 aromatic heterocycles. The molecule has 6 rings (SSSR count). The highest BCUT2D eigenvalue weighted by molar-refractivity contribution is 6.36. The molecule has 0 bridgehead atoms. The highest BCUT2D eigenvalue weighted by Gasteiger charge is 2.26. The first-order valence-corrected chi connectivity index (χ1v) is 12.8. The van der Waals surface area contributed by atoms with Crippen LogP contribution >= 0.6 is 11.6 Å². The van der Waals surface area contributed by atoms with Gasteiger partial charge in [0.1, 0.15) is 23.0 Å². The summed E-state index contributed by atoms with van der Waals surface area (Å²) in [5, 5.41) is 6.06. The molecule has 36 heavy (non-hydrogen) atoms. The summed E-state index contributed by atoms with van der Waals surface area (Å²) < 4.78 is 17.5. The van der Waals surface area contributed by atoms with Gasteiger partial charge in [-0.05, 0) is 44.0 Å². The van der Waals surface area contributed by atoms with E-state index in [-0.39, 0.29) is 17.4 Å². The topological polar surface area (TPSA) is 66.3 Å². The molecule has 0 radical (unpaired) electrons. The van der Waals surface area contributed by atoms with Gasteiger partial charge in [-0.2, -0.15) is 4.98 Å². The summed E-state index contributed by atoms with van der Waals surface area (Å²) >= 11 is 6.56. The Bertz CT molecular complexity index is 1510. The van der Waals surface area contributed by atoms with Crippen LogP contribution in [-0.2, 0) is 6.54 Å². The number of nitrogens with one attached hydrogen (secondary N) is 1. The minimum atomic E-state index is -0.462. The van der Waals surface area contributed by atoms with E-state index in [1.165, 1.54) is 6.07 Å². The van der Waals surface area contributed by atoms with Crippen LogP contribution in [0.3, 0.4) is 0 Å². The van der Waals surface area contributed by atoms with Gasteiger partial charge in [-0.15, -0.1) is 0 Å². The molecule has 2 aromatic carbocycles. The van der Waals surface area contributed by atoms with Crippen molar-refractivity contribution in [3.05, 3.63) is 63.8 Å². The third-order valence-corrected chi connectivity index (χ3v) is 7.79. The molecule has 0 unspecified atom stereocenters. The summed E-state index contributed by atoms with van der Waals surface area (Å²) in [7, 11) is 2.07. The number of nitrogens with zero attached hydrogens (tertiary/aromatic N) is 5. The largest absolute Gasteiger partial charge is 0.353 e. The molecule has 0 spiro atoms. The molecule has 186 valence electrons. The molecule has 2 aliphatic rings. The molecular formula is C27H28ClFN6O. The van der Waals surface area contributed by atoms with Gasteiger partial charge in [-0.25, -0.2) is 14.2 Å². The average Bonchev–Trinajstić information content (AvgIpc) is 3.30. The average molecular weight is 507 g/mol. The molecule has 9 heteroatoms. The fourth-order valence-electron chi connectivity index (χ4n) is 5.54. The van der Waals surface area contributed by atoms with E-state index in [0.717, 1.165) is 43.2 Å². The number of halogens is 2. The zero-order chi connectivity index (χ0) is 24.8. The zero-order valence-corrected chi connectivity index (χ0v) is 20.9. The molecular weight excluding hydrogens is 479 g/mol. The Labute approximate surface area is 213 Å². The Hall–Kier alpha value is -3.07. The maximum atomic E-state index is 15.9. The first-order chi connectivity index (χ1) is 17.5. The Balaban J connectivity index is 1.60. The van der Waals surface area contributed by atoms with Crippen molar-refractivity contribution in [2.45, 2.75) is 25.4 Å². The van der Waals surface area contributed by atoms with Gasteiger partial charge in [0.25, 0.3) is 0 Å². The van der Waals surface area contributed by atoms with Crippen molar-refractivity contribution in [2.24, 2.45) is 0 Å². The van der Waals surface area contributed by atoms with E-state index in [1.54, 1.807) is 10.6 Å². The molecule has 0 aliphatic carbocycles. The maximum absolute atomic E-state index is 15.9. The van der Waals surface area contributed by atoms with E-state index in [1.807, 2.05) is 35.2 Å². The van der Waals surface area contributed by atoms with Gasteiger partial charge in [0, 0.05) is 54.7 Å². The fraction of sp³-hybridized carbons (Fsp3) is 0.370. The van der Waals surface area contributed by atoms with Gasteiger partial charge in [0.2, 0.25) is 0 Å². The van der Waals surface area contributed by atoms with Crippen molar-refractivity contribution in [2.75, 3.05) is 44.7 Å². The number of likely N-dealkylation sites (tertiary alicyclic amines) is 1. The molecule has 1 atom stereocenters. The smallest absolute Gasteiger partial charge is 0.351 e. The second-order valence-electron chi connectivity index (χ2n) is 9.68. The lowest BCUT2D eigenvalue weighted by molar-refractivity contribution is 0.281. The molecule has 2 saturated heterocycles. The number of anilines is 1. The molecule has 0 amide bonds. The lowest BCUT2D eigenvalue weighted by atomic mass is 10.0. The van der Waals surface area contributed by atoms with Gasteiger partial charge >= 0.3 is 5.69 Å². The van der Waals surface area contributed by atoms with E-state index in [2.05, 4.69) is 22.2 Å².